The summed E-state index contributed by atoms with van der Waals surface area (Å²) in [5, 5.41) is 2.64. The molecule has 8 nitrogen and oxygen atoms in total. The number of nitrogens with zero attached hydrogens (tertiary/aromatic N) is 3. The first kappa shape index (κ1) is 26.4. The summed E-state index contributed by atoms with van der Waals surface area (Å²) >= 11 is 0. The van der Waals surface area contributed by atoms with Crippen LogP contribution in [-0.2, 0) is 11.2 Å². The van der Waals surface area contributed by atoms with Gasteiger partial charge >= 0.3 is 6.09 Å². The van der Waals surface area contributed by atoms with Crippen molar-refractivity contribution in [1.29, 1.82) is 0 Å². The maximum atomic E-state index is 14.9. The van der Waals surface area contributed by atoms with Crippen molar-refractivity contribution in [3.63, 3.8) is 0 Å². The third-order valence-electron chi connectivity index (χ3n) is 6.87. The Hall–Kier alpha value is -4.21. The highest BCUT2D eigenvalue weighted by Gasteiger charge is 2.26. The van der Waals surface area contributed by atoms with Crippen LogP contribution in [0.3, 0.4) is 0 Å². The third-order valence-corrected chi connectivity index (χ3v) is 6.87. The highest BCUT2D eigenvalue weighted by Crippen LogP contribution is 2.35. The number of piperazine rings is 1. The number of halogens is 2. The van der Waals surface area contributed by atoms with E-state index in [2.05, 4.69) is 15.2 Å². The van der Waals surface area contributed by atoms with E-state index in [9.17, 15) is 18.4 Å². The molecule has 5 rings (SSSR count). The predicted octanol–water partition coefficient (Wildman–Crippen LogP) is 4.62. The number of nitrogens with one attached hydrogen (secondary N) is 1. The molecule has 0 radical (unpaired) electrons. The van der Waals surface area contributed by atoms with Crippen molar-refractivity contribution >= 4 is 23.5 Å². The van der Waals surface area contributed by atoms with Crippen LogP contribution in [0.15, 0.2) is 42.5 Å². The summed E-state index contributed by atoms with van der Waals surface area (Å²) in [6.45, 7) is 8.30. The number of nitrogens with two attached hydrogens (primary N) is 1. The molecular weight excluding hydrogens is 504 g/mol. The fourth-order valence-corrected chi connectivity index (χ4v) is 4.93. The van der Waals surface area contributed by atoms with Gasteiger partial charge in [0.1, 0.15) is 17.2 Å². The molecule has 204 valence electrons. The zero-order chi connectivity index (χ0) is 27.9. The number of hydrogen-bond donors (Lipinski definition) is 2. The molecule has 2 amide bonds. The number of nitrogen functional groups attached to an aromatic ring is 1. The molecule has 3 heterocycles. The molecule has 1 saturated heterocycles. The SMILES string of the molecule is CC(C)(C)OC(=O)N1CCN(c2ccc(-c3cc(-c4cc(F)c5c(c4)CCNC5=O)c(N)nc3F)cc2)CC1. The summed E-state index contributed by atoms with van der Waals surface area (Å²) in [5.41, 5.74) is 8.71. The van der Waals surface area contributed by atoms with Crippen LogP contribution >= 0.6 is 0 Å². The number of hydrogen-bond acceptors (Lipinski definition) is 6. The molecule has 0 aliphatic carbocycles. The van der Waals surface area contributed by atoms with Crippen molar-refractivity contribution in [2.75, 3.05) is 43.4 Å². The van der Waals surface area contributed by atoms with Crippen molar-refractivity contribution < 1.29 is 23.1 Å². The quantitative estimate of drug-likeness (QED) is 0.475. The van der Waals surface area contributed by atoms with Crippen molar-refractivity contribution in [3.05, 3.63) is 65.4 Å². The Morgan fingerprint density at radius 2 is 1.69 bits per heavy atom. The Morgan fingerprint density at radius 3 is 2.36 bits per heavy atom. The lowest BCUT2D eigenvalue weighted by Gasteiger charge is -2.36. The topological polar surface area (TPSA) is 101 Å². The molecule has 2 aromatic carbocycles. The fraction of sp³-hybridized carbons (Fsp3) is 0.345. The third kappa shape index (κ3) is 5.50. The number of aromatic nitrogens is 1. The van der Waals surface area contributed by atoms with E-state index in [0.717, 1.165) is 5.69 Å². The van der Waals surface area contributed by atoms with E-state index in [0.29, 0.717) is 61.4 Å². The minimum absolute atomic E-state index is 0.0291. The number of anilines is 2. The largest absolute Gasteiger partial charge is 0.444 e. The molecule has 0 bridgehead atoms. The second kappa shape index (κ2) is 10.2. The number of rotatable bonds is 3. The van der Waals surface area contributed by atoms with Gasteiger partial charge in [0.05, 0.1) is 5.56 Å². The molecule has 0 unspecified atom stereocenters. The Kier molecular flexibility index (Phi) is 6.88. The molecule has 10 heteroatoms. The van der Waals surface area contributed by atoms with Gasteiger partial charge in [-0.25, -0.2) is 14.2 Å². The van der Waals surface area contributed by atoms with Crippen LogP contribution in [-0.4, -0.2) is 60.2 Å². The molecule has 0 spiro atoms. The van der Waals surface area contributed by atoms with Crippen LogP contribution in [0.4, 0.5) is 25.1 Å². The maximum Gasteiger partial charge on any atom is 0.410 e. The fourth-order valence-electron chi connectivity index (χ4n) is 4.93. The van der Waals surface area contributed by atoms with Gasteiger partial charge in [-0.3, -0.25) is 4.79 Å². The molecule has 0 atom stereocenters. The van der Waals surface area contributed by atoms with E-state index < -0.39 is 23.3 Å². The summed E-state index contributed by atoms with van der Waals surface area (Å²) in [6, 6.07) is 11.9. The number of amides is 2. The van der Waals surface area contributed by atoms with Gasteiger partial charge < -0.3 is 25.6 Å². The first-order chi connectivity index (χ1) is 18.5. The molecule has 1 aromatic heterocycles. The van der Waals surface area contributed by atoms with E-state index in [1.54, 1.807) is 29.2 Å². The van der Waals surface area contributed by atoms with Crippen LogP contribution in [0.25, 0.3) is 22.3 Å². The number of fused-ring (bicyclic) bond motifs is 1. The van der Waals surface area contributed by atoms with E-state index in [1.165, 1.54) is 6.07 Å². The first-order valence-corrected chi connectivity index (χ1v) is 12.9. The van der Waals surface area contributed by atoms with Gasteiger partial charge in [0.15, 0.2) is 0 Å². The van der Waals surface area contributed by atoms with Gasteiger partial charge in [-0.1, -0.05) is 12.1 Å². The lowest BCUT2D eigenvalue weighted by Crippen LogP contribution is -2.50. The smallest absolute Gasteiger partial charge is 0.410 e. The van der Waals surface area contributed by atoms with Gasteiger partial charge in [0.25, 0.3) is 5.91 Å². The second-order valence-corrected chi connectivity index (χ2v) is 10.8. The average Bonchev–Trinajstić information content (AvgIpc) is 2.88. The van der Waals surface area contributed by atoms with Crippen molar-refractivity contribution in [2.24, 2.45) is 0 Å². The molecule has 3 N–H and O–H groups in total. The molecule has 1 fully saturated rings. The lowest BCUT2D eigenvalue weighted by atomic mass is 9.93. The lowest BCUT2D eigenvalue weighted by molar-refractivity contribution is 0.0240. The molecule has 2 aliphatic rings. The van der Waals surface area contributed by atoms with Gasteiger partial charge in [-0.2, -0.15) is 4.39 Å². The normalized spacial score (nSPS) is 15.6. The second-order valence-electron chi connectivity index (χ2n) is 10.8. The predicted molar refractivity (Wildman–Crippen MR) is 145 cm³/mol. The van der Waals surface area contributed by atoms with Gasteiger partial charge in [-0.05, 0) is 74.2 Å². The van der Waals surface area contributed by atoms with Crippen LogP contribution in [0, 0.1) is 11.8 Å². The summed E-state index contributed by atoms with van der Waals surface area (Å²) < 4.78 is 35.2. The van der Waals surface area contributed by atoms with E-state index in [-0.39, 0.29) is 23.0 Å². The molecule has 0 saturated carbocycles. The summed E-state index contributed by atoms with van der Waals surface area (Å²) in [4.78, 5) is 32.2. The Labute approximate surface area is 225 Å². The number of carbonyl (C=O) groups excluding carboxylic acids is 2. The number of ether oxygens (including phenoxy) is 1. The zero-order valence-corrected chi connectivity index (χ0v) is 22.2. The standard InChI is InChI=1S/C29H31F2N5O3/c1-29(2,3)39-28(38)36-12-10-35(11-13-36)20-6-4-17(5-7-20)21-16-22(26(32)34-25(21)31)19-14-18-8-9-33-27(37)24(18)23(30)15-19/h4-7,14-16H,8-13H2,1-3H3,(H2,32,34)(H,33,37). The molecule has 3 aromatic rings. The molecule has 2 aliphatic heterocycles. The summed E-state index contributed by atoms with van der Waals surface area (Å²) in [7, 11) is 0. The summed E-state index contributed by atoms with van der Waals surface area (Å²) in [6.07, 6.45) is 0.169. The van der Waals surface area contributed by atoms with E-state index >= 15 is 0 Å². The highest BCUT2D eigenvalue weighted by molar-refractivity contribution is 5.98. The summed E-state index contributed by atoms with van der Waals surface area (Å²) in [5.74, 6) is -1.89. The van der Waals surface area contributed by atoms with Gasteiger partial charge in [0.2, 0.25) is 5.95 Å². The molecular formula is C29H31F2N5O3. The minimum atomic E-state index is -0.729. The van der Waals surface area contributed by atoms with Crippen LogP contribution < -0.4 is 16.0 Å². The Bertz CT molecular complexity index is 1430. The van der Waals surface area contributed by atoms with Crippen LogP contribution in [0.1, 0.15) is 36.7 Å². The van der Waals surface area contributed by atoms with Crippen molar-refractivity contribution in [2.45, 2.75) is 32.8 Å². The Balaban J connectivity index is 1.35. The monoisotopic (exact) mass is 535 g/mol. The minimum Gasteiger partial charge on any atom is -0.444 e. The number of benzene rings is 2. The maximum absolute atomic E-state index is 14.9. The average molecular weight is 536 g/mol. The van der Waals surface area contributed by atoms with E-state index in [4.69, 9.17) is 10.5 Å². The van der Waals surface area contributed by atoms with Crippen LogP contribution in [0.2, 0.25) is 0 Å². The first-order valence-electron chi connectivity index (χ1n) is 12.9. The Morgan fingerprint density at radius 1 is 1.00 bits per heavy atom. The number of pyridine rings is 1. The van der Waals surface area contributed by atoms with Gasteiger partial charge in [-0.15, -0.1) is 0 Å². The zero-order valence-electron chi connectivity index (χ0n) is 22.2. The highest BCUT2D eigenvalue weighted by atomic mass is 19.1. The molecule has 39 heavy (non-hydrogen) atoms. The van der Waals surface area contributed by atoms with Crippen molar-refractivity contribution in [3.8, 4) is 22.3 Å². The number of carbonyl (C=O) groups is 2. The van der Waals surface area contributed by atoms with Crippen molar-refractivity contribution in [1.82, 2.24) is 15.2 Å². The van der Waals surface area contributed by atoms with Crippen LogP contribution in [0.5, 0.6) is 0 Å². The van der Waals surface area contributed by atoms with E-state index in [1.807, 2.05) is 32.9 Å². The van der Waals surface area contributed by atoms with Gasteiger partial charge in [0, 0.05) is 49.5 Å².